The third-order valence-electron chi connectivity index (χ3n) is 5.64. The number of aromatic nitrogens is 2. The van der Waals surface area contributed by atoms with Gasteiger partial charge in [0.25, 0.3) is 0 Å². The summed E-state index contributed by atoms with van der Waals surface area (Å²) in [5.74, 6) is 2.75. The predicted molar refractivity (Wildman–Crippen MR) is 140 cm³/mol. The first kappa shape index (κ1) is 24.1. The molecule has 1 aromatic heterocycles. The van der Waals surface area contributed by atoms with E-state index in [0.29, 0.717) is 6.54 Å². The van der Waals surface area contributed by atoms with Crippen molar-refractivity contribution in [2.45, 2.75) is 51.9 Å². The van der Waals surface area contributed by atoms with E-state index in [1.165, 1.54) is 16.7 Å². The molecule has 7 heteroatoms. The predicted octanol–water partition coefficient (Wildman–Crippen LogP) is 4.83. The second kappa shape index (κ2) is 10.4. The Balaban J connectivity index is 0.00000289. The molecule has 0 fully saturated rings. The Kier molecular flexibility index (Phi) is 7.82. The molecule has 32 heavy (non-hydrogen) atoms. The fourth-order valence-corrected chi connectivity index (χ4v) is 4.08. The summed E-state index contributed by atoms with van der Waals surface area (Å²) in [6, 6.07) is 17.0. The number of aryl methyl sites for hydroxylation is 1. The molecule has 1 aliphatic rings. The maximum atomic E-state index is 6.15. The van der Waals surface area contributed by atoms with Gasteiger partial charge in [0.15, 0.2) is 5.96 Å². The van der Waals surface area contributed by atoms with Crippen LogP contribution in [0.5, 0.6) is 5.75 Å². The van der Waals surface area contributed by atoms with E-state index in [1.807, 2.05) is 38.5 Å². The lowest BCUT2D eigenvalue weighted by Gasteiger charge is -2.38. The molecule has 6 nitrogen and oxygen atoms in total. The summed E-state index contributed by atoms with van der Waals surface area (Å²) in [6.07, 6.45) is 4.72. The van der Waals surface area contributed by atoms with Crippen LogP contribution in [0.25, 0.3) is 0 Å². The maximum Gasteiger partial charge on any atom is 0.191 e. The molecule has 0 bridgehead atoms. The zero-order chi connectivity index (χ0) is 21.8. The van der Waals surface area contributed by atoms with Gasteiger partial charge in [-0.1, -0.05) is 42.5 Å². The van der Waals surface area contributed by atoms with Crippen LogP contribution in [-0.4, -0.2) is 28.2 Å². The smallest absolute Gasteiger partial charge is 0.191 e. The standard InChI is InChI=1S/C25H31N5O.HI/c1-18-27-12-13-30(18)17-20-9-7-8-19(14-20)16-28-24(26-4)29-22-15-25(2,3)31-23-11-6-5-10-21(22)23;/h5-14,22H,15-17H2,1-4H3,(H2,26,28,29);1H. The largest absolute Gasteiger partial charge is 0.487 e. The highest BCUT2D eigenvalue weighted by Crippen LogP contribution is 2.39. The Morgan fingerprint density at radius 2 is 1.97 bits per heavy atom. The number of fused-ring (bicyclic) bond motifs is 1. The number of rotatable bonds is 5. The molecule has 0 spiro atoms. The molecule has 0 radical (unpaired) electrons. The highest BCUT2D eigenvalue weighted by molar-refractivity contribution is 14.0. The Labute approximate surface area is 207 Å². The van der Waals surface area contributed by atoms with Crippen LogP contribution in [-0.2, 0) is 13.1 Å². The first-order chi connectivity index (χ1) is 14.9. The number of para-hydroxylation sites is 1. The van der Waals surface area contributed by atoms with Crippen LogP contribution in [0.2, 0.25) is 0 Å². The fourth-order valence-electron chi connectivity index (χ4n) is 4.08. The van der Waals surface area contributed by atoms with E-state index in [9.17, 15) is 0 Å². The molecule has 170 valence electrons. The Morgan fingerprint density at radius 1 is 1.19 bits per heavy atom. The van der Waals surface area contributed by atoms with E-state index in [4.69, 9.17) is 4.74 Å². The summed E-state index contributed by atoms with van der Waals surface area (Å²) in [7, 11) is 1.81. The second-order valence-electron chi connectivity index (χ2n) is 8.65. The van der Waals surface area contributed by atoms with Gasteiger partial charge in [0.1, 0.15) is 17.2 Å². The minimum atomic E-state index is -0.231. The van der Waals surface area contributed by atoms with Crippen molar-refractivity contribution >= 4 is 29.9 Å². The highest BCUT2D eigenvalue weighted by atomic mass is 127. The van der Waals surface area contributed by atoms with Gasteiger partial charge in [0.2, 0.25) is 0 Å². The van der Waals surface area contributed by atoms with Crippen LogP contribution in [0.4, 0.5) is 0 Å². The number of nitrogens with zero attached hydrogens (tertiary/aromatic N) is 3. The number of guanidine groups is 1. The number of nitrogens with one attached hydrogen (secondary N) is 2. The van der Waals surface area contributed by atoms with Gasteiger partial charge < -0.3 is 19.9 Å². The van der Waals surface area contributed by atoms with Crippen molar-refractivity contribution in [1.82, 2.24) is 20.2 Å². The van der Waals surface area contributed by atoms with Crippen molar-refractivity contribution in [3.05, 3.63) is 83.4 Å². The van der Waals surface area contributed by atoms with Crippen molar-refractivity contribution in [2.75, 3.05) is 7.05 Å². The molecule has 0 aliphatic carbocycles. The van der Waals surface area contributed by atoms with Crippen LogP contribution < -0.4 is 15.4 Å². The minimum absolute atomic E-state index is 0. The van der Waals surface area contributed by atoms with Crippen molar-refractivity contribution in [3.8, 4) is 5.75 Å². The average Bonchev–Trinajstić information content (AvgIpc) is 3.14. The summed E-state index contributed by atoms with van der Waals surface area (Å²) >= 11 is 0. The third kappa shape index (κ3) is 5.82. The lowest BCUT2D eigenvalue weighted by Crippen LogP contribution is -2.45. The van der Waals surface area contributed by atoms with Gasteiger partial charge >= 0.3 is 0 Å². The van der Waals surface area contributed by atoms with Crippen LogP contribution in [0.1, 0.15) is 48.8 Å². The second-order valence-corrected chi connectivity index (χ2v) is 8.65. The number of hydrogen-bond donors (Lipinski definition) is 2. The number of ether oxygens (including phenoxy) is 1. The zero-order valence-corrected chi connectivity index (χ0v) is 21.5. The van der Waals surface area contributed by atoms with Crippen LogP contribution in [0.15, 0.2) is 65.9 Å². The molecule has 0 saturated carbocycles. The highest BCUT2D eigenvalue weighted by Gasteiger charge is 2.33. The molecule has 1 atom stereocenters. The summed E-state index contributed by atoms with van der Waals surface area (Å²) in [5, 5.41) is 7.06. The monoisotopic (exact) mass is 545 g/mol. The molecule has 4 rings (SSSR count). The first-order valence-corrected chi connectivity index (χ1v) is 10.7. The van der Waals surface area contributed by atoms with Gasteiger partial charge in [-0.05, 0) is 38.0 Å². The molecule has 0 saturated heterocycles. The van der Waals surface area contributed by atoms with Gasteiger partial charge in [-0.25, -0.2) is 4.98 Å². The van der Waals surface area contributed by atoms with Crippen molar-refractivity contribution in [2.24, 2.45) is 4.99 Å². The van der Waals surface area contributed by atoms with Gasteiger partial charge in [0, 0.05) is 44.5 Å². The number of imidazole rings is 1. The molecular formula is C25H32IN5O. The molecular weight excluding hydrogens is 513 g/mol. The van der Waals surface area contributed by atoms with Crippen LogP contribution in [0.3, 0.4) is 0 Å². The van der Waals surface area contributed by atoms with E-state index in [0.717, 1.165) is 30.5 Å². The van der Waals surface area contributed by atoms with Crippen molar-refractivity contribution in [3.63, 3.8) is 0 Å². The number of hydrogen-bond acceptors (Lipinski definition) is 3. The van der Waals surface area contributed by atoms with E-state index < -0.39 is 0 Å². The Hall–Kier alpha value is -2.55. The number of aliphatic imine (C=N–C) groups is 1. The summed E-state index contributed by atoms with van der Waals surface area (Å²) < 4.78 is 8.30. The molecule has 0 amide bonds. The Morgan fingerprint density at radius 3 is 2.72 bits per heavy atom. The molecule has 1 unspecified atom stereocenters. The average molecular weight is 545 g/mol. The van der Waals surface area contributed by atoms with E-state index >= 15 is 0 Å². The van der Waals surface area contributed by atoms with Gasteiger partial charge in [0.05, 0.1) is 6.04 Å². The third-order valence-corrected chi connectivity index (χ3v) is 5.64. The minimum Gasteiger partial charge on any atom is -0.487 e. The van der Waals surface area contributed by atoms with E-state index in [2.05, 4.69) is 75.4 Å². The normalized spacial score (nSPS) is 17.0. The van der Waals surface area contributed by atoms with Gasteiger partial charge in [-0.15, -0.1) is 24.0 Å². The summed E-state index contributed by atoms with van der Waals surface area (Å²) in [4.78, 5) is 8.76. The van der Waals surface area contributed by atoms with Crippen LogP contribution in [0, 0.1) is 6.92 Å². The zero-order valence-electron chi connectivity index (χ0n) is 19.1. The molecule has 3 aromatic rings. The number of halogens is 1. The SMILES string of the molecule is CN=C(NCc1cccc(Cn2ccnc2C)c1)NC1CC(C)(C)Oc2ccccc21.I. The quantitative estimate of drug-likeness (QED) is 0.274. The number of benzene rings is 2. The summed E-state index contributed by atoms with van der Waals surface area (Å²) in [6.45, 7) is 7.80. The van der Waals surface area contributed by atoms with Gasteiger partial charge in [-0.3, -0.25) is 4.99 Å². The molecule has 2 heterocycles. The van der Waals surface area contributed by atoms with E-state index in [-0.39, 0.29) is 35.6 Å². The van der Waals surface area contributed by atoms with Crippen molar-refractivity contribution < 1.29 is 4.74 Å². The molecule has 2 N–H and O–H groups in total. The van der Waals surface area contributed by atoms with Gasteiger partial charge in [-0.2, -0.15) is 0 Å². The first-order valence-electron chi connectivity index (χ1n) is 10.7. The van der Waals surface area contributed by atoms with Crippen molar-refractivity contribution in [1.29, 1.82) is 0 Å². The summed E-state index contributed by atoms with van der Waals surface area (Å²) in [5.41, 5.74) is 3.40. The van der Waals surface area contributed by atoms with Crippen LogP contribution >= 0.6 is 24.0 Å². The lowest BCUT2D eigenvalue weighted by molar-refractivity contribution is 0.0694. The fraction of sp³-hybridized carbons (Fsp3) is 0.360. The van der Waals surface area contributed by atoms with E-state index in [1.54, 1.807) is 0 Å². The lowest BCUT2D eigenvalue weighted by atomic mass is 9.90. The maximum absolute atomic E-state index is 6.15. The Bertz CT molecular complexity index is 1080. The molecule has 2 aromatic carbocycles. The molecule has 1 aliphatic heterocycles. The topological polar surface area (TPSA) is 63.5 Å².